The number of aliphatic hydroxyl groups is 2. The molecule has 0 spiro atoms. The number of likely N-dealkylation sites (N-methyl/N-ethyl adjacent to an activating group) is 1. The topological polar surface area (TPSA) is 272 Å². The average molecular weight is 1110 g/mol. The smallest absolute Gasteiger partial charge is 0.394 e. The van der Waals surface area contributed by atoms with Gasteiger partial charge in [0.05, 0.1) is 61.6 Å². The molecule has 2 aromatic heterocycles. The Balaban J connectivity index is 0.864. The van der Waals surface area contributed by atoms with Gasteiger partial charge < -0.3 is 39.8 Å². The van der Waals surface area contributed by atoms with Crippen LogP contribution in [-0.2, 0) is 39.5 Å². The van der Waals surface area contributed by atoms with Crippen molar-refractivity contribution in [2.75, 3.05) is 59.8 Å². The molecule has 6 atom stereocenters. The predicted molar refractivity (Wildman–Crippen MR) is 251 cm³/mol. The number of nitrogens with zero attached hydrogens (tertiary/aromatic N) is 8. The first kappa shape index (κ1) is 55.4. The minimum absolute atomic E-state index is 0.00900. The van der Waals surface area contributed by atoms with E-state index >= 15 is 0 Å². The molecule has 4 N–H and O–H groups in total. The Kier molecular flexibility index (Phi) is 16.9. The number of imide groups is 2. The monoisotopic (exact) mass is 1110 g/mol. The second-order valence-electron chi connectivity index (χ2n) is 17.4. The van der Waals surface area contributed by atoms with Crippen molar-refractivity contribution in [2.45, 2.75) is 62.4 Å². The van der Waals surface area contributed by atoms with Crippen LogP contribution < -0.4 is 10.6 Å². The molecule has 0 radical (unpaired) electrons. The summed E-state index contributed by atoms with van der Waals surface area (Å²) in [6.45, 7) is -0.155. The number of aromatic nitrogens is 6. The van der Waals surface area contributed by atoms with Gasteiger partial charge in [-0.1, -0.05) is 28.4 Å². The van der Waals surface area contributed by atoms with E-state index in [0.717, 1.165) is 49.5 Å². The first-order chi connectivity index (χ1) is 36.2. The number of aliphatic hydroxyl groups excluding tert-OH is 2. The predicted octanol–water partition coefficient (Wildman–Crippen LogP) is 3.18. The molecule has 5 aromatic rings. The van der Waals surface area contributed by atoms with Gasteiger partial charge >= 0.3 is 6.18 Å². The highest BCUT2D eigenvalue weighted by atomic mass is 35.5. The maximum atomic E-state index is 14.5. The summed E-state index contributed by atoms with van der Waals surface area (Å²) >= 11 is 11.8. The molecule has 2 fully saturated rings. The number of aryl methyl sites for hydroxylation is 1. The molecule has 3 aliphatic heterocycles. The number of rotatable bonds is 19. The molecule has 404 valence electrons. The number of alkyl halides is 3. The zero-order valence-electron chi connectivity index (χ0n) is 39.9. The SMILES string of the molecule is Cc1nc([C@@H]2O[C@H](CO)[C@H](O)[C@H](n3cc(-c4cc(F)c(Cl)c(F)c4)nn3)[C@H]2OCC(=O)NCCOCCOCCNC(=O)c2ccc3c(c2)C(=O)N(C2CCC(=O)N(C)C2=O)C3=O)n(-c2cc(Cl)ccc2C(F)(F)F)n1. The minimum Gasteiger partial charge on any atom is -0.394 e. The van der Waals surface area contributed by atoms with Crippen molar-refractivity contribution in [3.05, 3.63) is 110 Å². The molecule has 0 saturated carbocycles. The van der Waals surface area contributed by atoms with E-state index in [9.17, 15) is 60.9 Å². The highest BCUT2D eigenvalue weighted by Gasteiger charge is 2.51. The lowest BCUT2D eigenvalue weighted by atomic mass is 9.91. The van der Waals surface area contributed by atoms with Crippen LogP contribution in [0.4, 0.5) is 22.0 Å². The number of piperidine rings is 1. The number of benzene rings is 3. The van der Waals surface area contributed by atoms with Crippen LogP contribution in [0.3, 0.4) is 0 Å². The molecule has 22 nitrogen and oxygen atoms in total. The van der Waals surface area contributed by atoms with Gasteiger partial charge in [-0.05, 0) is 61.9 Å². The third-order valence-electron chi connectivity index (χ3n) is 12.4. The van der Waals surface area contributed by atoms with Gasteiger partial charge in [0.25, 0.3) is 23.6 Å². The first-order valence-electron chi connectivity index (χ1n) is 23.1. The van der Waals surface area contributed by atoms with Crippen molar-refractivity contribution in [3.8, 4) is 16.9 Å². The highest BCUT2D eigenvalue weighted by Crippen LogP contribution is 2.43. The molecule has 29 heteroatoms. The fourth-order valence-corrected chi connectivity index (χ4v) is 9.01. The molecule has 6 amide bonds. The second kappa shape index (κ2) is 23.2. The molecular formula is C47H45Cl2F5N10O12. The van der Waals surface area contributed by atoms with Crippen LogP contribution >= 0.6 is 23.2 Å². The fourth-order valence-electron chi connectivity index (χ4n) is 8.73. The Hall–Kier alpha value is -6.85. The molecule has 0 aliphatic carbocycles. The molecule has 3 aliphatic rings. The van der Waals surface area contributed by atoms with Crippen LogP contribution in [0.1, 0.15) is 73.3 Å². The quantitative estimate of drug-likeness (QED) is 0.0400. The largest absolute Gasteiger partial charge is 0.418 e. The summed E-state index contributed by atoms with van der Waals surface area (Å²) in [4.78, 5) is 83.2. The number of hydrogen-bond acceptors (Lipinski definition) is 16. The second-order valence-corrected chi connectivity index (χ2v) is 18.2. The Morgan fingerprint density at radius 3 is 2.29 bits per heavy atom. The Morgan fingerprint density at radius 1 is 0.921 bits per heavy atom. The number of carbonyl (C=O) groups is 6. The first-order valence-corrected chi connectivity index (χ1v) is 23.9. The van der Waals surface area contributed by atoms with E-state index in [1.54, 1.807) is 0 Å². The maximum Gasteiger partial charge on any atom is 0.418 e. The van der Waals surface area contributed by atoms with E-state index in [2.05, 4.69) is 31.0 Å². The van der Waals surface area contributed by atoms with Gasteiger partial charge in [-0.25, -0.2) is 23.1 Å². The summed E-state index contributed by atoms with van der Waals surface area (Å²) in [5.41, 5.74) is -1.94. The summed E-state index contributed by atoms with van der Waals surface area (Å²) in [5.74, 6) is -6.48. The zero-order valence-corrected chi connectivity index (χ0v) is 41.4. The molecular weight excluding hydrogens is 1060 g/mol. The number of carbonyl (C=O) groups excluding carboxylic acids is 6. The third-order valence-corrected chi connectivity index (χ3v) is 13.0. The molecule has 76 heavy (non-hydrogen) atoms. The summed E-state index contributed by atoms with van der Waals surface area (Å²) in [7, 11) is 1.28. The van der Waals surface area contributed by atoms with Crippen molar-refractivity contribution < 1.29 is 79.9 Å². The van der Waals surface area contributed by atoms with Crippen molar-refractivity contribution in [1.82, 2.24) is 50.2 Å². The molecule has 1 unspecified atom stereocenters. The van der Waals surface area contributed by atoms with Crippen molar-refractivity contribution >= 4 is 58.6 Å². The van der Waals surface area contributed by atoms with Crippen molar-refractivity contribution in [1.29, 1.82) is 0 Å². The van der Waals surface area contributed by atoms with Gasteiger partial charge in [0.1, 0.15) is 71.3 Å². The molecule has 2 saturated heterocycles. The highest BCUT2D eigenvalue weighted by molar-refractivity contribution is 6.31. The average Bonchev–Trinajstić information content (AvgIpc) is 4.13. The molecule has 3 aromatic carbocycles. The lowest BCUT2D eigenvalue weighted by Gasteiger charge is -2.43. The standard InChI is InChI=1S/C47H45Cl2F5N10O12/c1-22-57-42(64(59-22)33-18-25(48)4-6-28(33)47(52,53)54)41-40(38(39(68)34(20-65)76-41)62-19-31(58-60-62)24-16-29(50)37(49)30(51)17-24)75-21-35(66)55-9-11-73-13-14-74-12-10-56-43(69)23-3-5-26-27(15-23)45(71)63(44(26)70)32-7-8-36(67)61(2)46(32)72/h3-6,15-19,32,34,38-41,65,68H,7-14,20-21H2,1-2H3,(H,55,66)(H,56,69)/t32?,34-,38+,39+,40-,41-/m1/s1. The van der Waals surface area contributed by atoms with E-state index in [-0.39, 0.29) is 97.0 Å². The summed E-state index contributed by atoms with van der Waals surface area (Å²) in [5, 5.41) is 38.6. The summed E-state index contributed by atoms with van der Waals surface area (Å²) < 4.78 is 97.3. The van der Waals surface area contributed by atoms with E-state index in [4.69, 9.17) is 42.1 Å². The lowest BCUT2D eigenvalue weighted by Crippen LogP contribution is -2.54. The molecule has 0 bridgehead atoms. The number of halogens is 7. The minimum atomic E-state index is -4.92. The number of likely N-dealkylation sites (tertiary alicyclic amines) is 1. The van der Waals surface area contributed by atoms with Gasteiger partial charge in [0.15, 0.2) is 5.82 Å². The maximum absolute atomic E-state index is 14.5. The third kappa shape index (κ3) is 11.6. The lowest BCUT2D eigenvalue weighted by molar-refractivity contribution is -0.223. The van der Waals surface area contributed by atoms with Crippen LogP contribution in [0, 0.1) is 18.6 Å². The van der Waals surface area contributed by atoms with Crippen LogP contribution in [0.2, 0.25) is 10.0 Å². The van der Waals surface area contributed by atoms with Gasteiger partial charge in [-0.3, -0.25) is 38.6 Å². The van der Waals surface area contributed by atoms with E-state index < -0.39 is 119 Å². The van der Waals surface area contributed by atoms with Crippen LogP contribution in [0.5, 0.6) is 0 Å². The number of fused-ring (bicyclic) bond motifs is 1. The van der Waals surface area contributed by atoms with Gasteiger partial charge in [-0.2, -0.15) is 18.3 Å². The number of hydrogen-bond donors (Lipinski definition) is 4. The number of ether oxygens (including phenoxy) is 4. The normalized spacial score (nSPS) is 20.9. The van der Waals surface area contributed by atoms with E-state index in [1.165, 1.54) is 38.4 Å². The Morgan fingerprint density at radius 2 is 1.61 bits per heavy atom. The van der Waals surface area contributed by atoms with Gasteiger partial charge in [0.2, 0.25) is 11.8 Å². The Bertz CT molecular complexity index is 3050. The summed E-state index contributed by atoms with van der Waals surface area (Å²) in [6, 6.07) is 5.82. The van der Waals surface area contributed by atoms with Gasteiger partial charge in [-0.15, -0.1) is 5.10 Å². The van der Waals surface area contributed by atoms with Crippen molar-refractivity contribution in [3.63, 3.8) is 0 Å². The fraction of sp³-hybridized carbons (Fsp3) is 0.404. The number of amides is 6. The van der Waals surface area contributed by atoms with E-state index in [0.29, 0.717) is 0 Å². The van der Waals surface area contributed by atoms with Crippen LogP contribution in [-0.4, -0.2) is 169 Å². The van der Waals surface area contributed by atoms with Crippen molar-refractivity contribution in [2.24, 2.45) is 0 Å². The van der Waals surface area contributed by atoms with Crippen LogP contribution in [0.15, 0.2) is 54.7 Å². The van der Waals surface area contributed by atoms with E-state index in [1.807, 2.05) is 0 Å². The van der Waals surface area contributed by atoms with Gasteiger partial charge in [0, 0.05) is 42.7 Å². The Labute approximate surface area is 436 Å². The zero-order chi connectivity index (χ0) is 54.7. The number of nitrogens with one attached hydrogen (secondary N) is 2. The molecule has 5 heterocycles. The summed E-state index contributed by atoms with van der Waals surface area (Å²) in [6.07, 6.45) is -10.2. The van der Waals surface area contributed by atoms with Crippen LogP contribution in [0.25, 0.3) is 16.9 Å². The molecule has 8 rings (SSSR count).